The topological polar surface area (TPSA) is 0 Å². The molecule has 0 nitrogen and oxygen atoms in total. The summed E-state index contributed by atoms with van der Waals surface area (Å²) in [5, 5.41) is 10.1. The number of fused-ring (bicyclic) bond motifs is 4. The van der Waals surface area contributed by atoms with E-state index in [4.69, 9.17) is 0 Å². The summed E-state index contributed by atoms with van der Waals surface area (Å²) >= 11 is 0. The van der Waals surface area contributed by atoms with Gasteiger partial charge in [-0.3, -0.25) is 0 Å². The van der Waals surface area contributed by atoms with E-state index in [9.17, 15) is 0 Å². The molecule has 0 aliphatic rings. The molecule has 0 saturated heterocycles. The molecule has 0 spiro atoms. The molecule has 0 unspecified atom stereocenters. The first-order valence-electron chi connectivity index (χ1n) is 22.8. The molecular formula is C66H44. The molecule has 0 aliphatic carbocycles. The minimum Gasteiger partial charge on any atom is -0.0622 e. The van der Waals surface area contributed by atoms with Crippen molar-refractivity contribution >= 4 is 55.2 Å². The van der Waals surface area contributed by atoms with Gasteiger partial charge in [0, 0.05) is 0 Å². The van der Waals surface area contributed by atoms with Crippen LogP contribution in [0.2, 0.25) is 0 Å². The molecule has 0 aliphatic heterocycles. The Kier molecular flexibility index (Phi) is 9.97. The molecule has 0 saturated carbocycles. The maximum Gasteiger partial charge on any atom is -0.00201 e. The third-order valence-corrected chi connectivity index (χ3v) is 13.3. The van der Waals surface area contributed by atoms with Crippen LogP contribution in [0.15, 0.2) is 255 Å². The third-order valence-electron chi connectivity index (χ3n) is 13.3. The Hall–Kier alpha value is -8.58. The van der Waals surface area contributed by atoms with Gasteiger partial charge in [-0.2, -0.15) is 0 Å². The molecule has 0 heterocycles. The zero-order valence-electron chi connectivity index (χ0n) is 36.4. The van der Waals surface area contributed by atoms with Gasteiger partial charge in [0.15, 0.2) is 0 Å². The summed E-state index contributed by atoms with van der Waals surface area (Å²) in [5.74, 6) is 0. The average molecular weight is 837 g/mol. The average Bonchev–Trinajstić information content (AvgIpc) is 3.39. The molecule has 0 heteroatoms. The van der Waals surface area contributed by atoms with Crippen molar-refractivity contribution in [1.82, 2.24) is 0 Å². The summed E-state index contributed by atoms with van der Waals surface area (Å²) in [4.78, 5) is 0. The number of hydrogen-bond acceptors (Lipinski definition) is 0. The van der Waals surface area contributed by atoms with Crippen molar-refractivity contribution in [3.8, 4) is 66.8 Å². The summed E-state index contributed by atoms with van der Waals surface area (Å²) in [6, 6.07) is 92.9. The van der Waals surface area contributed by atoms with Crippen LogP contribution in [-0.4, -0.2) is 0 Å². The Morgan fingerprint density at radius 2 is 0.409 bits per heavy atom. The molecule has 12 rings (SSSR count). The lowest BCUT2D eigenvalue weighted by atomic mass is 9.84. The van der Waals surface area contributed by atoms with Crippen molar-refractivity contribution in [2.75, 3.05) is 0 Å². The van der Waals surface area contributed by atoms with Crippen molar-refractivity contribution in [2.45, 2.75) is 0 Å². The van der Waals surface area contributed by atoms with E-state index in [1.165, 1.54) is 110 Å². The van der Waals surface area contributed by atoms with Gasteiger partial charge < -0.3 is 0 Å². The van der Waals surface area contributed by atoms with Crippen LogP contribution < -0.4 is 0 Å². The predicted octanol–water partition coefficient (Wildman–Crippen LogP) is 18.5. The Bertz CT molecular complexity index is 3400. The van der Waals surface area contributed by atoms with Crippen molar-refractivity contribution in [3.05, 3.63) is 266 Å². The summed E-state index contributed by atoms with van der Waals surface area (Å²) in [6.45, 7) is 0. The first kappa shape index (κ1) is 39.0. The molecule has 0 N–H and O–H groups in total. The first-order chi connectivity index (χ1) is 32.8. The van der Waals surface area contributed by atoms with Gasteiger partial charge in [0.05, 0.1) is 0 Å². The van der Waals surface area contributed by atoms with E-state index >= 15 is 0 Å². The predicted molar refractivity (Wildman–Crippen MR) is 284 cm³/mol. The van der Waals surface area contributed by atoms with E-state index in [0.717, 1.165) is 11.1 Å². The molecule has 66 heavy (non-hydrogen) atoms. The molecule has 0 amide bonds. The van der Waals surface area contributed by atoms with Gasteiger partial charge in [0.1, 0.15) is 0 Å². The molecule has 0 bridgehead atoms. The van der Waals surface area contributed by atoms with Gasteiger partial charge in [0.25, 0.3) is 0 Å². The highest BCUT2D eigenvalue weighted by Gasteiger charge is 2.20. The molecule has 12 aromatic carbocycles. The Balaban J connectivity index is 0.866. The SMILES string of the molecule is C(=C\c1ccc(-c2ccccc2-c2c3ccccc3c(-c3ccccc3)c3ccccc23)cc1)/c1ccc(-c2ccccc2-c2c3ccccc3c(-c3ccccc3)c3ccccc23)cc1. The van der Waals surface area contributed by atoms with Gasteiger partial charge in [-0.25, -0.2) is 0 Å². The summed E-state index contributed by atoms with van der Waals surface area (Å²) in [7, 11) is 0. The van der Waals surface area contributed by atoms with Crippen LogP contribution in [0.25, 0.3) is 122 Å². The smallest absolute Gasteiger partial charge is 0.00201 e. The lowest BCUT2D eigenvalue weighted by Crippen LogP contribution is -1.92. The minimum atomic E-state index is 1.16. The fraction of sp³-hybridized carbons (Fsp3) is 0. The van der Waals surface area contributed by atoms with Crippen LogP contribution in [0.3, 0.4) is 0 Å². The molecule has 308 valence electrons. The Morgan fingerprint density at radius 3 is 0.712 bits per heavy atom. The third kappa shape index (κ3) is 6.88. The second kappa shape index (κ2) is 16.8. The largest absolute Gasteiger partial charge is 0.0622 e. The molecule has 0 radical (unpaired) electrons. The number of hydrogen-bond donors (Lipinski definition) is 0. The number of rotatable bonds is 8. The highest BCUT2D eigenvalue weighted by molar-refractivity contribution is 6.24. The molecule has 0 fully saturated rings. The zero-order valence-corrected chi connectivity index (χ0v) is 36.4. The van der Waals surface area contributed by atoms with Crippen molar-refractivity contribution in [3.63, 3.8) is 0 Å². The summed E-state index contributed by atoms with van der Waals surface area (Å²) in [5.41, 5.74) is 17.2. The quantitative estimate of drug-likeness (QED) is 0.106. The van der Waals surface area contributed by atoms with E-state index < -0.39 is 0 Å². The lowest BCUT2D eigenvalue weighted by molar-refractivity contribution is 1.58. The van der Waals surface area contributed by atoms with Crippen LogP contribution >= 0.6 is 0 Å². The van der Waals surface area contributed by atoms with E-state index in [1.807, 2.05) is 0 Å². The molecule has 0 aromatic heterocycles. The maximum absolute atomic E-state index is 2.29. The molecular weight excluding hydrogens is 793 g/mol. The van der Waals surface area contributed by atoms with Crippen molar-refractivity contribution in [2.24, 2.45) is 0 Å². The zero-order chi connectivity index (χ0) is 43.8. The Labute approximate surface area is 386 Å². The van der Waals surface area contributed by atoms with Gasteiger partial charge in [-0.05, 0) is 121 Å². The van der Waals surface area contributed by atoms with Crippen LogP contribution in [0.4, 0.5) is 0 Å². The minimum absolute atomic E-state index is 1.16. The fourth-order valence-corrected chi connectivity index (χ4v) is 10.3. The monoisotopic (exact) mass is 836 g/mol. The molecule has 12 aromatic rings. The van der Waals surface area contributed by atoms with Gasteiger partial charge in [0.2, 0.25) is 0 Å². The normalized spacial score (nSPS) is 11.6. The second-order valence-electron chi connectivity index (χ2n) is 17.1. The van der Waals surface area contributed by atoms with E-state index in [0.29, 0.717) is 0 Å². The number of benzene rings is 12. The fourth-order valence-electron chi connectivity index (χ4n) is 10.3. The second-order valence-corrected chi connectivity index (χ2v) is 17.1. The van der Waals surface area contributed by atoms with Crippen LogP contribution in [0, 0.1) is 0 Å². The Morgan fingerprint density at radius 1 is 0.167 bits per heavy atom. The van der Waals surface area contributed by atoms with Crippen molar-refractivity contribution < 1.29 is 0 Å². The van der Waals surface area contributed by atoms with E-state index in [-0.39, 0.29) is 0 Å². The maximum atomic E-state index is 2.29. The van der Waals surface area contributed by atoms with Gasteiger partial charge in [-0.1, -0.05) is 267 Å². The van der Waals surface area contributed by atoms with Crippen LogP contribution in [-0.2, 0) is 0 Å². The summed E-state index contributed by atoms with van der Waals surface area (Å²) in [6.07, 6.45) is 4.43. The van der Waals surface area contributed by atoms with Gasteiger partial charge in [-0.15, -0.1) is 0 Å². The highest BCUT2D eigenvalue weighted by Crippen LogP contribution is 2.48. The van der Waals surface area contributed by atoms with Gasteiger partial charge >= 0.3 is 0 Å². The van der Waals surface area contributed by atoms with E-state index in [2.05, 4.69) is 267 Å². The van der Waals surface area contributed by atoms with E-state index in [1.54, 1.807) is 0 Å². The van der Waals surface area contributed by atoms with Crippen LogP contribution in [0.1, 0.15) is 11.1 Å². The lowest BCUT2D eigenvalue weighted by Gasteiger charge is -2.19. The molecule has 0 atom stereocenters. The van der Waals surface area contributed by atoms with Crippen LogP contribution in [0.5, 0.6) is 0 Å². The standard InChI is InChI=1S/C66H44/c1-3-19-49(20-4-1)63-55-27-11-15-31-59(55)65(60-32-16-12-28-56(60)63)53-25-9-7-23-51(53)47-41-37-45(38-42-47)35-36-46-39-43-48(44-40-46)52-24-8-10-26-54(52)66-61-33-17-13-29-57(61)64(50-21-5-2-6-22-50)58-30-14-18-34-62(58)66/h1-44H/b36-35+. The van der Waals surface area contributed by atoms with Crippen molar-refractivity contribution in [1.29, 1.82) is 0 Å². The highest BCUT2D eigenvalue weighted by atomic mass is 14.2. The summed E-state index contributed by atoms with van der Waals surface area (Å²) < 4.78 is 0. The first-order valence-corrected chi connectivity index (χ1v) is 22.8.